The molecule has 62 heavy (non-hydrogen) atoms. The lowest BCUT2D eigenvalue weighted by atomic mass is 10.2. The molecule has 0 aliphatic rings. The van der Waals surface area contributed by atoms with Crippen molar-refractivity contribution in [1.82, 2.24) is 29.9 Å². The highest BCUT2D eigenvalue weighted by Gasteiger charge is 2.16. The molecule has 0 saturated carbocycles. The molecule has 2 aromatic heterocycles. The van der Waals surface area contributed by atoms with Gasteiger partial charge in [-0.2, -0.15) is 40.1 Å². The van der Waals surface area contributed by atoms with Gasteiger partial charge in [0.15, 0.2) is 0 Å². The van der Waals surface area contributed by atoms with Gasteiger partial charge < -0.3 is 20.4 Å². The summed E-state index contributed by atoms with van der Waals surface area (Å²) in [5, 5.41) is 37.4. The average Bonchev–Trinajstić information content (AvgIpc) is 3.27. The van der Waals surface area contributed by atoms with Crippen molar-refractivity contribution in [3.05, 3.63) is 104 Å². The summed E-state index contributed by atoms with van der Waals surface area (Å²) in [5.74, 6) is 2.00. The Morgan fingerprint density at radius 1 is 0.500 bits per heavy atom. The summed E-state index contributed by atoms with van der Waals surface area (Å²) in [7, 11) is 0. The number of non-ortho nitro benzene ring substituents is 2. The van der Waals surface area contributed by atoms with E-state index in [-0.39, 0.29) is 35.2 Å². The van der Waals surface area contributed by atoms with Crippen LogP contribution in [0, 0.1) is 20.2 Å². The number of hydrazone groups is 2. The Hall–Kier alpha value is -7.38. The van der Waals surface area contributed by atoms with E-state index in [0.29, 0.717) is 23.3 Å². The molecule has 0 fully saturated rings. The van der Waals surface area contributed by atoms with Gasteiger partial charge in [0.05, 0.1) is 22.3 Å². The predicted octanol–water partition coefficient (Wildman–Crippen LogP) is 9.07. The maximum absolute atomic E-state index is 11.2. The van der Waals surface area contributed by atoms with Crippen molar-refractivity contribution in [3.63, 3.8) is 0 Å². The zero-order chi connectivity index (χ0) is 44.1. The first-order valence-corrected chi connectivity index (χ1v) is 20.9. The number of nitro groups is 2. The molecular formula is C42H54N16O4. The van der Waals surface area contributed by atoms with Crippen LogP contribution in [0.15, 0.2) is 83.0 Å². The van der Waals surface area contributed by atoms with E-state index >= 15 is 0 Å². The molecule has 0 bridgehead atoms. The molecule has 0 atom stereocenters. The Kier molecular flexibility index (Phi) is 17.7. The zero-order valence-electron chi connectivity index (χ0n) is 35.6. The second-order valence-electron chi connectivity index (χ2n) is 14.2. The van der Waals surface area contributed by atoms with Crippen LogP contribution in [-0.4, -0.2) is 78.4 Å². The Bertz CT molecular complexity index is 2070. The summed E-state index contributed by atoms with van der Waals surface area (Å²) >= 11 is 0. The van der Waals surface area contributed by atoms with Gasteiger partial charge in [-0.1, -0.05) is 77.6 Å². The summed E-state index contributed by atoms with van der Waals surface area (Å²) in [4.78, 5) is 53.5. The number of nitrogens with one attached hydrogen (secondary N) is 4. The highest BCUT2D eigenvalue weighted by molar-refractivity contribution is 5.84. The smallest absolute Gasteiger partial charge is 0.269 e. The van der Waals surface area contributed by atoms with Crippen LogP contribution < -0.4 is 31.3 Å². The number of anilines is 8. The summed E-state index contributed by atoms with van der Waals surface area (Å²) in [5.41, 5.74) is 8.63. The standard InChI is InChI=1S/C42H54N16O4/c1-5-9-25-55(26-10-6-2)41-49-37(45-33-17-21-35(22-18-33)57(59)60)47-39(51-41)53-43-29-31-13-15-32(16-14-31)30-44-54-40-48-38(46-34-19-23-36(24-20-34)58(61)62)50-42(52-40)56(27-11-7-3)28-12-8-4/h13-24,29-30H,5-12,25-28H2,1-4H3,(H2,45,47,49,51,53)(H2,46,48,50,52,54)/b43-29+,44-30+. The van der Waals surface area contributed by atoms with Crippen molar-refractivity contribution < 1.29 is 9.85 Å². The average molecular weight is 847 g/mol. The van der Waals surface area contributed by atoms with Crippen molar-refractivity contribution in [2.24, 2.45) is 10.2 Å². The van der Waals surface area contributed by atoms with Crippen LogP contribution in [0.1, 0.15) is 90.2 Å². The molecule has 0 unspecified atom stereocenters. The number of hydrogen-bond donors (Lipinski definition) is 4. The maximum Gasteiger partial charge on any atom is 0.269 e. The van der Waals surface area contributed by atoms with Crippen LogP contribution in [0.3, 0.4) is 0 Å². The molecule has 5 rings (SSSR count). The first kappa shape index (κ1) is 45.7. The van der Waals surface area contributed by atoms with E-state index in [0.717, 1.165) is 88.7 Å². The SMILES string of the molecule is CCCCN(CCCC)c1nc(N/N=C/c2ccc(/C=N/Nc3nc(Nc4ccc([N+](=O)[O-])cc4)nc(N(CCCC)CCCC)n3)cc2)nc(Nc2ccc([N+](=O)[O-])cc2)n1. The van der Waals surface area contributed by atoms with Gasteiger partial charge in [0.25, 0.3) is 11.4 Å². The largest absolute Gasteiger partial charge is 0.341 e. The molecule has 0 aliphatic heterocycles. The van der Waals surface area contributed by atoms with Crippen molar-refractivity contribution in [3.8, 4) is 0 Å². The molecule has 0 radical (unpaired) electrons. The molecule has 5 aromatic rings. The van der Waals surface area contributed by atoms with Gasteiger partial charge in [0.1, 0.15) is 0 Å². The van der Waals surface area contributed by atoms with E-state index < -0.39 is 9.85 Å². The van der Waals surface area contributed by atoms with Crippen LogP contribution >= 0.6 is 0 Å². The van der Waals surface area contributed by atoms with Crippen LogP contribution in [-0.2, 0) is 0 Å². The van der Waals surface area contributed by atoms with Crippen LogP contribution in [0.4, 0.5) is 58.4 Å². The minimum absolute atomic E-state index is 0.0160. The van der Waals surface area contributed by atoms with E-state index in [1.54, 1.807) is 36.7 Å². The van der Waals surface area contributed by atoms with Gasteiger partial charge >= 0.3 is 0 Å². The molecule has 0 amide bonds. The van der Waals surface area contributed by atoms with Crippen LogP contribution in [0.2, 0.25) is 0 Å². The molecule has 326 valence electrons. The summed E-state index contributed by atoms with van der Waals surface area (Å²) in [6.07, 6.45) is 11.2. The molecule has 2 heterocycles. The van der Waals surface area contributed by atoms with E-state index in [1.165, 1.54) is 24.3 Å². The topological polar surface area (TPSA) is 243 Å². The van der Waals surface area contributed by atoms with Gasteiger partial charge in [0, 0.05) is 61.8 Å². The number of hydrogen-bond acceptors (Lipinski definition) is 18. The third-order valence-electron chi connectivity index (χ3n) is 9.30. The quantitative estimate of drug-likeness (QED) is 0.0230. The molecule has 20 nitrogen and oxygen atoms in total. The number of unbranched alkanes of at least 4 members (excludes halogenated alkanes) is 4. The number of nitro benzene ring substituents is 2. The molecule has 0 aliphatic carbocycles. The molecule has 0 saturated heterocycles. The fourth-order valence-electron chi connectivity index (χ4n) is 5.83. The minimum Gasteiger partial charge on any atom is -0.341 e. The van der Waals surface area contributed by atoms with Gasteiger partial charge in [-0.15, -0.1) is 0 Å². The van der Waals surface area contributed by atoms with Crippen LogP contribution in [0.5, 0.6) is 0 Å². The third kappa shape index (κ3) is 14.4. The number of benzene rings is 3. The highest BCUT2D eigenvalue weighted by atomic mass is 16.6. The van der Waals surface area contributed by atoms with Crippen molar-refractivity contribution >= 4 is 70.9 Å². The number of rotatable bonds is 26. The molecular weight excluding hydrogens is 793 g/mol. The molecule has 0 spiro atoms. The second-order valence-corrected chi connectivity index (χ2v) is 14.2. The summed E-state index contributed by atoms with van der Waals surface area (Å²) in [6, 6.07) is 19.6. The summed E-state index contributed by atoms with van der Waals surface area (Å²) in [6.45, 7) is 11.7. The molecule has 20 heteroatoms. The number of nitrogens with zero attached hydrogens (tertiary/aromatic N) is 12. The Morgan fingerprint density at radius 2 is 0.823 bits per heavy atom. The van der Waals surface area contributed by atoms with E-state index in [2.05, 4.69) is 99.1 Å². The lowest BCUT2D eigenvalue weighted by molar-refractivity contribution is -0.385. The fourth-order valence-corrected chi connectivity index (χ4v) is 5.83. The van der Waals surface area contributed by atoms with Gasteiger partial charge in [-0.3, -0.25) is 20.2 Å². The van der Waals surface area contributed by atoms with Crippen molar-refractivity contribution in [2.75, 3.05) is 57.5 Å². The maximum atomic E-state index is 11.2. The highest BCUT2D eigenvalue weighted by Crippen LogP contribution is 2.23. The Labute approximate surface area is 360 Å². The van der Waals surface area contributed by atoms with Crippen molar-refractivity contribution in [1.29, 1.82) is 0 Å². The lowest BCUT2D eigenvalue weighted by Gasteiger charge is -2.23. The lowest BCUT2D eigenvalue weighted by Crippen LogP contribution is -2.28. The van der Waals surface area contributed by atoms with Gasteiger partial charge in [0.2, 0.25) is 35.7 Å². The molecule has 3 aromatic carbocycles. The first-order valence-electron chi connectivity index (χ1n) is 20.9. The van der Waals surface area contributed by atoms with Gasteiger partial charge in [-0.05, 0) is 61.1 Å². The van der Waals surface area contributed by atoms with Crippen molar-refractivity contribution in [2.45, 2.75) is 79.1 Å². The normalized spacial score (nSPS) is 11.2. The first-order chi connectivity index (χ1) is 30.2. The summed E-state index contributed by atoms with van der Waals surface area (Å²) < 4.78 is 0. The van der Waals surface area contributed by atoms with Gasteiger partial charge in [-0.25, -0.2) is 10.9 Å². The number of aromatic nitrogens is 6. The monoisotopic (exact) mass is 846 g/mol. The predicted molar refractivity (Wildman–Crippen MR) is 245 cm³/mol. The van der Waals surface area contributed by atoms with E-state index in [4.69, 9.17) is 0 Å². The van der Waals surface area contributed by atoms with Crippen LogP contribution in [0.25, 0.3) is 0 Å². The fraction of sp³-hybridized carbons (Fsp3) is 0.381. The Morgan fingerprint density at radius 3 is 1.13 bits per heavy atom. The van der Waals surface area contributed by atoms with E-state index in [9.17, 15) is 20.2 Å². The zero-order valence-corrected chi connectivity index (χ0v) is 35.6. The van der Waals surface area contributed by atoms with E-state index in [1.807, 2.05) is 24.3 Å². The molecule has 4 N–H and O–H groups in total. The Balaban J connectivity index is 1.29. The minimum atomic E-state index is -0.448. The second kappa shape index (κ2) is 24.0. The third-order valence-corrected chi connectivity index (χ3v) is 9.30.